The number of rotatable bonds is 4. The fourth-order valence-electron chi connectivity index (χ4n) is 1.88. The van der Waals surface area contributed by atoms with Crippen molar-refractivity contribution in [3.8, 4) is 0 Å². The predicted octanol–water partition coefficient (Wildman–Crippen LogP) is 2.34. The number of hydrogen-bond donors (Lipinski definition) is 0. The molecule has 0 aliphatic rings. The van der Waals surface area contributed by atoms with Crippen LogP contribution in [0.15, 0.2) is 4.42 Å². The molecule has 21 heavy (non-hydrogen) atoms. The highest BCUT2D eigenvalue weighted by molar-refractivity contribution is 5.93. The molecule has 0 bridgehead atoms. The van der Waals surface area contributed by atoms with E-state index in [2.05, 4.69) is 4.98 Å². The van der Waals surface area contributed by atoms with Crippen LogP contribution in [0.5, 0.6) is 0 Å². The zero-order chi connectivity index (χ0) is 16.4. The lowest BCUT2D eigenvalue weighted by Gasteiger charge is -2.24. The minimum absolute atomic E-state index is 0.263. The normalized spacial score (nSPS) is 12.9. The standard InChI is InChI=1S/C15H24N2O4/c1-9(14(19)21-15(4,5)6)8-17(7)13(18)12-10(2)20-11(3)16-12/h9H,8H2,1-7H3/t9-/m0/s1. The van der Waals surface area contributed by atoms with Gasteiger partial charge in [0.15, 0.2) is 11.6 Å². The van der Waals surface area contributed by atoms with Crippen LogP contribution in [0.2, 0.25) is 0 Å². The SMILES string of the molecule is Cc1nc(C(=O)N(C)C[C@H](C)C(=O)OC(C)(C)C)c(C)o1. The van der Waals surface area contributed by atoms with Gasteiger partial charge in [0, 0.05) is 20.5 Å². The van der Waals surface area contributed by atoms with E-state index < -0.39 is 11.5 Å². The highest BCUT2D eigenvalue weighted by atomic mass is 16.6. The summed E-state index contributed by atoms with van der Waals surface area (Å²) in [5.74, 6) is -0.0693. The minimum Gasteiger partial charge on any atom is -0.460 e. The third-order valence-electron chi connectivity index (χ3n) is 2.81. The predicted molar refractivity (Wildman–Crippen MR) is 77.9 cm³/mol. The third kappa shape index (κ3) is 4.88. The zero-order valence-corrected chi connectivity index (χ0v) is 13.8. The first kappa shape index (κ1) is 17.2. The quantitative estimate of drug-likeness (QED) is 0.797. The molecule has 1 atom stereocenters. The highest BCUT2D eigenvalue weighted by Crippen LogP contribution is 2.14. The number of nitrogens with zero attached hydrogens (tertiary/aromatic N) is 2. The third-order valence-corrected chi connectivity index (χ3v) is 2.81. The number of ether oxygens (including phenoxy) is 1. The molecule has 1 rings (SSSR count). The maximum Gasteiger partial charge on any atom is 0.310 e. The number of aryl methyl sites for hydroxylation is 2. The topological polar surface area (TPSA) is 72.6 Å². The van der Waals surface area contributed by atoms with Crippen molar-refractivity contribution in [3.63, 3.8) is 0 Å². The molecule has 0 aliphatic carbocycles. The number of carbonyl (C=O) groups excluding carboxylic acids is 2. The summed E-state index contributed by atoms with van der Waals surface area (Å²) in [6.07, 6.45) is 0. The van der Waals surface area contributed by atoms with Crippen LogP contribution in [0.3, 0.4) is 0 Å². The number of esters is 1. The second-order valence-electron chi connectivity index (χ2n) is 6.26. The Morgan fingerprint density at radius 1 is 1.33 bits per heavy atom. The molecular weight excluding hydrogens is 272 g/mol. The largest absolute Gasteiger partial charge is 0.460 e. The molecule has 1 aromatic rings. The fourth-order valence-corrected chi connectivity index (χ4v) is 1.88. The van der Waals surface area contributed by atoms with Crippen LogP contribution >= 0.6 is 0 Å². The Bertz CT molecular complexity index is 528. The Morgan fingerprint density at radius 2 is 1.90 bits per heavy atom. The first-order valence-electron chi connectivity index (χ1n) is 6.93. The molecule has 0 spiro atoms. The van der Waals surface area contributed by atoms with Crippen molar-refractivity contribution < 1.29 is 18.7 Å². The average molecular weight is 296 g/mol. The molecule has 0 aromatic carbocycles. The van der Waals surface area contributed by atoms with E-state index in [9.17, 15) is 9.59 Å². The highest BCUT2D eigenvalue weighted by Gasteiger charge is 2.26. The van der Waals surface area contributed by atoms with Gasteiger partial charge in [0.2, 0.25) is 0 Å². The molecule has 0 N–H and O–H groups in total. The maximum absolute atomic E-state index is 12.3. The van der Waals surface area contributed by atoms with E-state index in [-0.39, 0.29) is 24.1 Å². The monoisotopic (exact) mass is 296 g/mol. The van der Waals surface area contributed by atoms with E-state index in [0.717, 1.165) is 0 Å². The minimum atomic E-state index is -0.534. The lowest BCUT2D eigenvalue weighted by atomic mass is 10.1. The van der Waals surface area contributed by atoms with Gasteiger partial charge in [0.05, 0.1) is 5.92 Å². The van der Waals surface area contributed by atoms with Crippen molar-refractivity contribution in [2.75, 3.05) is 13.6 Å². The molecule has 0 unspecified atom stereocenters. The molecule has 118 valence electrons. The van der Waals surface area contributed by atoms with E-state index >= 15 is 0 Å². The smallest absolute Gasteiger partial charge is 0.310 e. The second kappa shape index (κ2) is 6.28. The molecule has 0 aliphatic heterocycles. The van der Waals surface area contributed by atoms with Crippen molar-refractivity contribution in [3.05, 3.63) is 17.3 Å². The van der Waals surface area contributed by atoms with E-state index in [1.807, 2.05) is 20.8 Å². The van der Waals surface area contributed by atoms with Crippen molar-refractivity contribution >= 4 is 11.9 Å². The summed E-state index contributed by atoms with van der Waals surface area (Å²) in [4.78, 5) is 29.7. The number of carbonyl (C=O) groups is 2. The van der Waals surface area contributed by atoms with Gasteiger partial charge in [-0.1, -0.05) is 6.92 Å². The van der Waals surface area contributed by atoms with Gasteiger partial charge in [-0.25, -0.2) is 4.98 Å². The van der Waals surface area contributed by atoms with Crippen molar-refractivity contribution in [1.29, 1.82) is 0 Å². The van der Waals surface area contributed by atoms with Crippen LogP contribution in [0, 0.1) is 19.8 Å². The number of oxazole rings is 1. The van der Waals surface area contributed by atoms with Crippen molar-refractivity contribution in [2.24, 2.45) is 5.92 Å². The van der Waals surface area contributed by atoms with Crippen LogP contribution in [0.25, 0.3) is 0 Å². The van der Waals surface area contributed by atoms with Gasteiger partial charge in [-0.3, -0.25) is 9.59 Å². The van der Waals surface area contributed by atoms with Crippen LogP contribution in [-0.2, 0) is 9.53 Å². The summed E-state index contributed by atoms with van der Waals surface area (Å²) in [5, 5.41) is 0. The van der Waals surface area contributed by atoms with Gasteiger partial charge in [0.25, 0.3) is 5.91 Å². The van der Waals surface area contributed by atoms with E-state index in [0.29, 0.717) is 11.7 Å². The van der Waals surface area contributed by atoms with Crippen LogP contribution in [-0.4, -0.2) is 41.0 Å². The van der Waals surface area contributed by atoms with E-state index in [4.69, 9.17) is 9.15 Å². The van der Waals surface area contributed by atoms with Gasteiger partial charge >= 0.3 is 5.97 Å². The first-order chi connectivity index (χ1) is 9.51. The molecule has 0 saturated heterocycles. The van der Waals surface area contributed by atoms with Gasteiger partial charge < -0.3 is 14.1 Å². The molecule has 1 heterocycles. The molecule has 1 amide bonds. The summed E-state index contributed by atoms with van der Waals surface area (Å²) in [5.41, 5.74) is -0.250. The summed E-state index contributed by atoms with van der Waals surface area (Å²) in [6, 6.07) is 0. The van der Waals surface area contributed by atoms with E-state index in [1.165, 1.54) is 4.90 Å². The Balaban J connectivity index is 2.68. The van der Waals surface area contributed by atoms with Crippen molar-refractivity contribution in [1.82, 2.24) is 9.88 Å². The van der Waals surface area contributed by atoms with Gasteiger partial charge in [-0.15, -0.1) is 0 Å². The summed E-state index contributed by atoms with van der Waals surface area (Å²) in [7, 11) is 1.63. The van der Waals surface area contributed by atoms with Crippen LogP contribution < -0.4 is 0 Å². The van der Waals surface area contributed by atoms with Gasteiger partial charge in [0.1, 0.15) is 11.4 Å². The molecule has 1 aromatic heterocycles. The molecule has 6 heteroatoms. The number of amides is 1. The second-order valence-corrected chi connectivity index (χ2v) is 6.26. The molecule has 0 saturated carbocycles. The fraction of sp³-hybridized carbons (Fsp3) is 0.667. The molecule has 0 radical (unpaired) electrons. The molecule has 0 fully saturated rings. The average Bonchev–Trinajstić information content (AvgIpc) is 2.65. The number of hydrogen-bond acceptors (Lipinski definition) is 5. The van der Waals surface area contributed by atoms with Crippen molar-refractivity contribution in [2.45, 2.75) is 47.1 Å². The van der Waals surface area contributed by atoms with E-state index in [1.54, 1.807) is 27.8 Å². The summed E-state index contributed by atoms with van der Waals surface area (Å²) in [6.45, 7) is 10.8. The molecular formula is C15H24N2O4. The van der Waals surface area contributed by atoms with Crippen LogP contribution in [0.1, 0.15) is 49.8 Å². The summed E-state index contributed by atoms with van der Waals surface area (Å²) >= 11 is 0. The Hall–Kier alpha value is -1.85. The summed E-state index contributed by atoms with van der Waals surface area (Å²) < 4.78 is 10.6. The Morgan fingerprint density at radius 3 is 2.33 bits per heavy atom. The Labute approximate surface area is 125 Å². The lowest BCUT2D eigenvalue weighted by molar-refractivity contribution is -0.159. The Kier molecular flexibility index (Phi) is 5.15. The lowest BCUT2D eigenvalue weighted by Crippen LogP contribution is -2.37. The number of aromatic nitrogens is 1. The van der Waals surface area contributed by atoms with Crippen LogP contribution in [0.4, 0.5) is 0 Å². The van der Waals surface area contributed by atoms with Gasteiger partial charge in [-0.05, 0) is 27.7 Å². The first-order valence-corrected chi connectivity index (χ1v) is 6.93. The molecule has 6 nitrogen and oxygen atoms in total. The maximum atomic E-state index is 12.3. The zero-order valence-electron chi connectivity index (χ0n) is 13.8. The van der Waals surface area contributed by atoms with Gasteiger partial charge in [-0.2, -0.15) is 0 Å².